The van der Waals surface area contributed by atoms with Crippen molar-refractivity contribution < 1.29 is 17.9 Å². The van der Waals surface area contributed by atoms with Gasteiger partial charge in [-0.3, -0.25) is 4.79 Å². The third kappa shape index (κ3) is 5.00. The number of nitrogens with zero attached hydrogens (tertiary/aromatic N) is 1. The lowest BCUT2D eigenvalue weighted by Gasteiger charge is -2.21. The normalized spacial score (nSPS) is 11.7. The van der Waals surface area contributed by atoms with Gasteiger partial charge in [0.15, 0.2) is 0 Å². The summed E-state index contributed by atoms with van der Waals surface area (Å²) >= 11 is 6.13. The van der Waals surface area contributed by atoms with Crippen molar-refractivity contribution in [2.75, 3.05) is 19.0 Å². The summed E-state index contributed by atoms with van der Waals surface area (Å²) in [5.41, 5.74) is 0.635. The van der Waals surface area contributed by atoms with Crippen molar-refractivity contribution in [2.45, 2.75) is 31.7 Å². The van der Waals surface area contributed by atoms with Gasteiger partial charge in [0.05, 0.1) is 22.1 Å². The number of halogens is 1. The molecule has 0 spiro atoms. The number of hydrogen-bond acceptors (Lipinski definition) is 4. The predicted molar refractivity (Wildman–Crippen MR) is 107 cm³/mol. The summed E-state index contributed by atoms with van der Waals surface area (Å²) in [6.07, 6.45) is 0. The molecule has 2 rings (SSSR count). The van der Waals surface area contributed by atoms with E-state index in [9.17, 15) is 13.2 Å². The minimum Gasteiger partial charge on any atom is -0.494 e. The molecule has 0 aliphatic carbocycles. The van der Waals surface area contributed by atoms with Crippen molar-refractivity contribution in [1.82, 2.24) is 4.31 Å². The first-order chi connectivity index (χ1) is 12.7. The molecule has 0 aliphatic heterocycles. The molecule has 0 unspecified atom stereocenters. The van der Waals surface area contributed by atoms with Crippen LogP contribution >= 0.6 is 11.6 Å². The molecule has 0 heterocycles. The number of anilines is 1. The fourth-order valence-electron chi connectivity index (χ4n) is 2.28. The molecule has 0 bridgehead atoms. The molecule has 8 heteroatoms. The second kappa shape index (κ2) is 8.73. The Kier molecular flexibility index (Phi) is 6.86. The van der Waals surface area contributed by atoms with E-state index >= 15 is 0 Å². The van der Waals surface area contributed by atoms with Gasteiger partial charge in [-0.25, -0.2) is 8.42 Å². The van der Waals surface area contributed by atoms with Crippen molar-refractivity contribution in [3.63, 3.8) is 0 Å². The van der Waals surface area contributed by atoms with E-state index in [1.807, 2.05) is 6.92 Å². The summed E-state index contributed by atoms with van der Waals surface area (Å²) in [7, 11) is -2.22. The zero-order valence-corrected chi connectivity index (χ0v) is 17.3. The summed E-state index contributed by atoms with van der Waals surface area (Å²) in [4.78, 5) is 12.6. The fraction of sp³-hybridized carbons (Fsp3) is 0.316. The fourth-order valence-corrected chi connectivity index (χ4v) is 3.88. The highest BCUT2D eigenvalue weighted by molar-refractivity contribution is 7.89. The lowest BCUT2D eigenvalue weighted by molar-refractivity contribution is 0.102. The van der Waals surface area contributed by atoms with Gasteiger partial charge < -0.3 is 10.1 Å². The third-order valence-corrected chi connectivity index (χ3v) is 6.37. The molecule has 0 radical (unpaired) electrons. The van der Waals surface area contributed by atoms with Crippen LogP contribution in [0.5, 0.6) is 5.75 Å². The molecule has 2 aromatic carbocycles. The maximum atomic E-state index is 12.7. The van der Waals surface area contributed by atoms with Gasteiger partial charge in [0.25, 0.3) is 5.91 Å². The number of hydrogen-bond donors (Lipinski definition) is 1. The molecule has 0 saturated carbocycles. The van der Waals surface area contributed by atoms with Crippen molar-refractivity contribution in [1.29, 1.82) is 0 Å². The van der Waals surface area contributed by atoms with E-state index in [2.05, 4.69) is 5.32 Å². The minimum atomic E-state index is -3.72. The molecule has 0 aliphatic rings. The Balaban J connectivity index is 2.28. The number of sulfonamides is 1. The summed E-state index contributed by atoms with van der Waals surface area (Å²) in [6, 6.07) is 10.7. The number of benzene rings is 2. The van der Waals surface area contributed by atoms with E-state index in [-0.39, 0.29) is 21.5 Å². The van der Waals surface area contributed by atoms with Crippen molar-refractivity contribution in [2.24, 2.45) is 0 Å². The van der Waals surface area contributed by atoms with E-state index in [1.165, 1.54) is 29.6 Å². The number of carbonyl (C=O) groups is 1. The highest BCUT2D eigenvalue weighted by Gasteiger charge is 2.25. The van der Waals surface area contributed by atoms with Gasteiger partial charge in [-0.05, 0) is 63.2 Å². The van der Waals surface area contributed by atoms with Crippen molar-refractivity contribution in [3.8, 4) is 5.75 Å². The number of amides is 1. The zero-order chi connectivity index (χ0) is 20.2. The first kappa shape index (κ1) is 21.2. The monoisotopic (exact) mass is 410 g/mol. The van der Waals surface area contributed by atoms with E-state index < -0.39 is 15.9 Å². The quantitative estimate of drug-likeness (QED) is 0.747. The molecule has 0 fully saturated rings. The van der Waals surface area contributed by atoms with Gasteiger partial charge in [0.1, 0.15) is 5.75 Å². The minimum absolute atomic E-state index is 0.0138. The highest BCUT2D eigenvalue weighted by atomic mass is 35.5. The van der Waals surface area contributed by atoms with Gasteiger partial charge in [-0.1, -0.05) is 11.6 Å². The number of ether oxygens (including phenoxy) is 1. The van der Waals surface area contributed by atoms with Crippen LogP contribution in [0.3, 0.4) is 0 Å². The topological polar surface area (TPSA) is 75.7 Å². The molecule has 0 atom stereocenters. The van der Waals surface area contributed by atoms with Gasteiger partial charge in [0, 0.05) is 18.8 Å². The SMILES string of the molecule is CCOc1ccc(NC(=O)c2cc(S(=O)(=O)N(C)C(C)C)ccc2Cl)cc1. The number of carbonyl (C=O) groups excluding carboxylic acids is 1. The molecule has 146 valence electrons. The first-order valence-corrected chi connectivity index (χ1v) is 10.3. The van der Waals surface area contributed by atoms with Crippen LogP contribution in [-0.2, 0) is 10.0 Å². The van der Waals surface area contributed by atoms with Crippen LogP contribution in [0.15, 0.2) is 47.4 Å². The smallest absolute Gasteiger partial charge is 0.257 e. The van der Waals surface area contributed by atoms with E-state index in [4.69, 9.17) is 16.3 Å². The average Bonchev–Trinajstić information content (AvgIpc) is 2.62. The van der Waals surface area contributed by atoms with Crippen LogP contribution < -0.4 is 10.1 Å². The molecule has 27 heavy (non-hydrogen) atoms. The van der Waals surface area contributed by atoms with Crippen LogP contribution in [0.2, 0.25) is 5.02 Å². The first-order valence-electron chi connectivity index (χ1n) is 8.48. The predicted octanol–water partition coefficient (Wildman–Crippen LogP) is 4.02. The highest BCUT2D eigenvalue weighted by Crippen LogP contribution is 2.25. The standard InChI is InChI=1S/C19H23ClN2O4S/c1-5-26-15-8-6-14(7-9-15)21-19(23)17-12-16(10-11-18(17)20)27(24,25)22(4)13(2)3/h6-13H,5H2,1-4H3,(H,21,23). The van der Waals surface area contributed by atoms with Crippen molar-refractivity contribution in [3.05, 3.63) is 53.1 Å². The van der Waals surface area contributed by atoms with Crippen LogP contribution in [0.4, 0.5) is 5.69 Å². The Bertz CT molecular complexity index is 912. The number of rotatable bonds is 7. The average molecular weight is 411 g/mol. The van der Waals surface area contributed by atoms with Crippen molar-refractivity contribution >= 4 is 33.2 Å². The Labute approximate surface area is 165 Å². The van der Waals surface area contributed by atoms with Gasteiger partial charge in [-0.2, -0.15) is 4.31 Å². The van der Waals surface area contributed by atoms with Crippen LogP contribution in [0.25, 0.3) is 0 Å². The molecule has 1 amide bonds. The molecular formula is C19H23ClN2O4S. The molecule has 0 saturated heterocycles. The number of nitrogens with one attached hydrogen (secondary N) is 1. The summed E-state index contributed by atoms with van der Waals surface area (Å²) in [6.45, 7) is 5.98. The van der Waals surface area contributed by atoms with Crippen LogP contribution in [0, 0.1) is 0 Å². The maximum absolute atomic E-state index is 12.7. The second-order valence-corrected chi connectivity index (χ2v) is 8.57. The van der Waals surface area contributed by atoms with E-state index in [0.29, 0.717) is 18.0 Å². The second-order valence-electron chi connectivity index (χ2n) is 6.17. The maximum Gasteiger partial charge on any atom is 0.257 e. The third-order valence-electron chi connectivity index (χ3n) is 4.01. The van der Waals surface area contributed by atoms with Gasteiger partial charge in [-0.15, -0.1) is 0 Å². The Morgan fingerprint density at radius 2 is 1.81 bits per heavy atom. The molecule has 2 aromatic rings. The van der Waals surface area contributed by atoms with Crippen LogP contribution in [0.1, 0.15) is 31.1 Å². The largest absolute Gasteiger partial charge is 0.494 e. The van der Waals surface area contributed by atoms with Gasteiger partial charge in [0.2, 0.25) is 10.0 Å². The van der Waals surface area contributed by atoms with E-state index in [1.54, 1.807) is 38.1 Å². The Morgan fingerprint density at radius 1 is 1.19 bits per heavy atom. The summed E-state index contributed by atoms with van der Waals surface area (Å²) in [5, 5.41) is 2.88. The lowest BCUT2D eigenvalue weighted by Crippen LogP contribution is -2.33. The Morgan fingerprint density at radius 3 is 2.37 bits per heavy atom. The van der Waals surface area contributed by atoms with Gasteiger partial charge >= 0.3 is 0 Å². The zero-order valence-electron chi connectivity index (χ0n) is 15.7. The van der Waals surface area contributed by atoms with E-state index in [0.717, 1.165) is 0 Å². The molecule has 1 N–H and O–H groups in total. The Hall–Kier alpha value is -2.09. The summed E-state index contributed by atoms with van der Waals surface area (Å²) < 4.78 is 31.9. The lowest BCUT2D eigenvalue weighted by atomic mass is 10.2. The summed E-state index contributed by atoms with van der Waals surface area (Å²) in [5.74, 6) is 0.201. The molecular weight excluding hydrogens is 388 g/mol. The van der Waals surface area contributed by atoms with Crippen LogP contribution in [-0.4, -0.2) is 38.3 Å². The molecule has 6 nitrogen and oxygen atoms in total. The molecule has 0 aromatic heterocycles.